The molecule has 1 aromatic carbocycles. The number of aliphatic hydroxyl groups is 1. The first-order valence-corrected chi connectivity index (χ1v) is 9.72. The number of ether oxygens (including phenoxy) is 1. The molecule has 1 saturated carbocycles. The highest BCUT2D eigenvalue weighted by Gasteiger charge is 2.42. The van der Waals surface area contributed by atoms with Crippen LogP contribution in [0.15, 0.2) is 24.3 Å². The Kier molecular flexibility index (Phi) is 5.16. The number of amides is 1. The molecule has 0 unspecified atom stereocenters. The van der Waals surface area contributed by atoms with E-state index in [1.807, 2.05) is 17.0 Å². The second-order valence-corrected chi connectivity index (χ2v) is 7.83. The molecule has 1 amide bonds. The van der Waals surface area contributed by atoms with E-state index in [0.29, 0.717) is 13.2 Å². The van der Waals surface area contributed by atoms with Crippen molar-refractivity contribution in [2.75, 3.05) is 57.9 Å². The molecule has 0 bridgehead atoms. The molecule has 1 N–H and O–H groups in total. The van der Waals surface area contributed by atoms with Crippen molar-refractivity contribution in [2.24, 2.45) is 5.92 Å². The fourth-order valence-corrected chi connectivity index (χ4v) is 4.50. The number of carbonyl (C=O) groups excluding carboxylic acids is 1. The quantitative estimate of drug-likeness (QED) is 0.874. The smallest absolute Gasteiger partial charge is 0.254 e. The van der Waals surface area contributed by atoms with Crippen LogP contribution in [0.3, 0.4) is 0 Å². The molecule has 6 nitrogen and oxygen atoms in total. The minimum atomic E-state index is 0.0782. The first kappa shape index (κ1) is 17.8. The van der Waals surface area contributed by atoms with E-state index in [1.165, 1.54) is 5.69 Å². The third-order valence-electron chi connectivity index (χ3n) is 6.14. The number of fused-ring (bicyclic) bond motifs is 1. The van der Waals surface area contributed by atoms with Crippen molar-refractivity contribution in [3.63, 3.8) is 0 Å². The molecule has 26 heavy (non-hydrogen) atoms. The molecule has 3 atom stereocenters. The van der Waals surface area contributed by atoms with E-state index in [9.17, 15) is 9.90 Å². The molecule has 3 aliphatic rings. The summed E-state index contributed by atoms with van der Waals surface area (Å²) in [4.78, 5) is 19.7. The van der Waals surface area contributed by atoms with Gasteiger partial charge in [-0.25, -0.2) is 0 Å². The van der Waals surface area contributed by atoms with E-state index in [4.69, 9.17) is 4.74 Å². The highest BCUT2D eigenvalue weighted by Crippen LogP contribution is 2.34. The molecule has 2 aliphatic heterocycles. The number of rotatable bonds is 3. The van der Waals surface area contributed by atoms with Gasteiger partial charge in [-0.05, 0) is 50.1 Å². The van der Waals surface area contributed by atoms with Crippen LogP contribution in [0.2, 0.25) is 0 Å². The van der Waals surface area contributed by atoms with Crippen LogP contribution in [0.25, 0.3) is 0 Å². The largest absolute Gasteiger partial charge is 0.396 e. The minimum Gasteiger partial charge on any atom is -0.396 e. The molecule has 142 valence electrons. The Balaban J connectivity index is 1.44. The second kappa shape index (κ2) is 7.55. The van der Waals surface area contributed by atoms with Crippen LogP contribution < -0.4 is 4.90 Å². The maximum Gasteiger partial charge on any atom is 0.254 e. The van der Waals surface area contributed by atoms with Gasteiger partial charge in [0, 0.05) is 50.6 Å². The Bertz CT molecular complexity index is 628. The Labute approximate surface area is 155 Å². The number of likely N-dealkylation sites (N-methyl/N-ethyl adjacent to an activating group) is 1. The van der Waals surface area contributed by atoms with Crippen LogP contribution in [0.4, 0.5) is 5.69 Å². The van der Waals surface area contributed by atoms with E-state index < -0.39 is 0 Å². The number of carbonyl (C=O) groups is 1. The van der Waals surface area contributed by atoms with Crippen LogP contribution in [0.1, 0.15) is 23.2 Å². The van der Waals surface area contributed by atoms with Gasteiger partial charge in [0.2, 0.25) is 0 Å². The zero-order valence-electron chi connectivity index (χ0n) is 15.5. The molecule has 6 heteroatoms. The number of nitrogens with zero attached hydrogens (tertiary/aromatic N) is 3. The van der Waals surface area contributed by atoms with Crippen LogP contribution >= 0.6 is 0 Å². The number of morpholine rings is 1. The zero-order valence-corrected chi connectivity index (χ0v) is 15.5. The lowest BCUT2D eigenvalue weighted by Gasteiger charge is -2.38. The molecule has 1 aliphatic carbocycles. The van der Waals surface area contributed by atoms with Crippen molar-refractivity contribution >= 4 is 11.6 Å². The summed E-state index contributed by atoms with van der Waals surface area (Å²) in [5, 5.41) is 9.46. The molecular formula is C20H29N3O3. The van der Waals surface area contributed by atoms with E-state index in [1.54, 1.807) is 0 Å². The molecule has 1 aromatic rings. The molecule has 0 radical (unpaired) electrons. The van der Waals surface area contributed by atoms with Crippen LogP contribution in [-0.4, -0.2) is 85.9 Å². The van der Waals surface area contributed by atoms with Crippen molar-refractivity contribution in [1.29, 1.82) is 0 Å². The van der Waals surface area contributed by atoms with E-state index in [0.717, 1.165) is 44.6 Å². The van der Waals surface area contributed by atoms with Gasteiger partial charge in [-0.1, -0.05) is 0 Å². The Morgan fingerprint density at radius 2 is 1.85 bits per heavy atom. The van der Waals surface area contributed by atoms with E-state index >= 15 is 0 Å². The minimum absolute atomic E-state index is 0.0782. The van der Waals surface area contributed by atoms with Gasteiger partial charge < -0.3 is 24.5 Å². The molecule has 3 fully saturated rings. The zero-order chi connectivity index (χ0) is 18.1. The second-order valence-electron chi connectivity index (χ2n) is 7.83. The summed E-state index contributed by atoms with van der Waals surface area (Å²) >= 11 is 0. The van der Waals surface area contributed by atoms with E-state index in [-0.39, 0.29) is 30.6 Å². The lowest BCUT2D eigenvalue weighted by molar-refractivity contribution is -0.0448. The normalized spacial score (nSPS) is 29.7. The molecule has 2 heterocycles. The summed E-state index contributed by atoms with van der Waals surface area (Å²) in [5.41, 5.74) is 1.94. The van der Waals surface area contributed by atoms with E-state index in [2.05, 4.69) is 29.0 Å². The number of anilines is 1. The highest BCUT2D eigenvalue weighted by molar-refractivity contribution is 5.95. The maximum atomic E-state index is 13.1. The number of hydrogen-bond acceptors (Lipinski definition) is 5. The van der Waals surface area contributed by atoms with Gasteiger partial charge in [0.1, 0.15) is 0 Å². The predicted octanol–water partition coefficient (Wildman–Crippen LogP) is 1.05. The number of aliphatic hydroxyl groups excluding tert-OH is 1. The molecular weight excluding hydrogens is 330 g/mol. The van der Waals surface area contributed by atoms with Crippen LogP contribution in [0, 0.1) is 5.92 Å². The predicted molar refractivity (Wildman–Crippen MR) is 101 cm³/mol. The van der Waals surface area contributed by atoms with Crippen molar-refractivity contribution in [3.05, 3.63) is 29.8 Å². The lowest BCUT2D eigenvalue weighted by Crippen LogP contribution is -2.51. The van der Waals surface area contributed by atoms with Crippen LogP contribution in [0.5, 0.6) is 0 Å². The molecule has 2 saturated heterocycles. The average Bonchev–Trinajstić information content (AvgIpc) is 3.11. The first-order chi connectivity index (χ1) is 12.7. The van der Waals surface area contributed by atoms with Gasteiger partial charge in [-0.15, -0.1) is 0 Å². The van der Waals surface area contributed by atoms with Gasteiger partial charge >= 0.3 is 0 Å². The van der Waals surface area contributed by atoms with Crippen LogP contribution in [-0.2, 0) is 4.74 Å². The van der Waals surface area contributed by atoms with Gasteiger partial charge in [0.05, 0.1) is 18.8 Å². The number of hydrogen-bond donors (Lipinski definition) is 1. The standard InChI is InChI=1S/C20H29N3O3/c1-21-6-8-22(9-7-21)17-4-2-16(3-5-17)20(25)23-10-11-26-19-13-15(14-24)12-18(19)23/h2-5,15,18-19,24H,6-14H2,1H3/t15-,18+,19+/m1/s1. The molecule has 4 rings (SSSR count). The van der Waals surface area contributed by atoms with Crippen molar-refractivity contribution in [2.45, 2.75) is 25.0 Å². The molecule has 0 spiro atoms. The highest BCUT2D eigenvalue weighted by atomic mass is 16.5. The summed E-state index contributed by atoms with van der Waals surface area (Å²) in [5.74, 6) is 0.338. The summed E-state index contributed by atoms with van der Waals surface area (Å²) in [7, 11) is 2.15. The number of benzene rings is 1. The third-order valence-corrected chi connectivity index (χ3v) is 6.14. The average molecular weight is 359 g/mol. The number of piperazine rings is 1. The first-order valence-electron chi connectivity index (χ1n) is 9.72. The summed E-state index contributed by atoms with van der Waals surface area (Å²) in [6.45, 7) is 5.60. The lowest BCUT2D eigenvalue weighted by atomic mass is 10.1. The maximum absolute atomic E-state index is 13.1. The topological polar surface area (TPSA) is 56.2 Å². The van der Waals surface area contributed by atoms with Crippen molar-refractivity contribution in [3.8, 4) is 0 Å². The monoisotopic (exact) mass is 359 g/mol. The van der Waals surface area contributed by atoms with Gasteiger partial charge in [0.25, 0.3) is 5.91 Å². The Hall–Kier alpha value is -1.63. The van der Waals surface area contributed by atoms with Gasteiger partial charge in [-0.3, -0.25) is 4.79 Å². The summed E-state index contributed by atoms with van der Waals surface area (Å²) < 4.78 is 5.84. The SMILES string of the molecule is CN1CCN(c2ccc(C(=O)N3CCO[C@H]4C[C@H](CO)C[C@@H]43)cc2)CC1. The Morgan fingerprint density at radius 3 is 2.54 bits per heavy atom. The Morgan fingerprint density at radius 1 is 1.12 bits per heavy atom. The fraction of sp³-hybridized carbons (Fsp3) is 0.650. The summed E-state index contributed by atoms with van der Waals surface area (Å²) in [6, 6.07) is 8.16. The van der Waals surface area contributed by atoms with Gasteiger partial charge in [0.15, 0.2) is 0 Å². The van der Waals surface area contributed by atoms with Crippen molar-refractivity contribution in [1.82, 2.24) is 9.80 Å². The van der Waals surface area contributed by atoms with Gasteiger partial charge in [-0.2, -0.15) is 0 Å². The molecule has 0 aromatic heterocycles. The summed E-state index contributed by atoms with van der Waals surface area (Å²) in [6.07, 6.45) is 1.77. The third kappa shape index (κ3) is 3.46. The van der Waals surface area contributed by atoms with Crippen molar-refractivity contribution < 1.29 is 14.6 Å². The fourth-order valence-electron chi connectivity index (χ4n) is 4.50.